The highest BCUT2D eigenvalue weighted by Gasteiger charge is 2.21. The molecule has 3 rings (SSSR count). The fourth-order valence-corrected chi connectivity index (χ4v) is 3.41. The largest absolute Gasteiger partial charge is 0.481 e. The number of aromatic nitrogens is 1. The van der Waals surface area contributed by atoms with Crippen LogP contribution < -0.4 is 0 Å². The van der Waals surface area contributed by atoms with Crippen molar-refractivity contribution >= 4 is 22.6 Å². The molecule has 26 heavy (non-hydrogen) atoms. The maximum atomic E-state index is 11.4. The third-order valence-corrected chi connectivity index (χ3v) is 4.59. The molecule has 134 valence electrons. The third-order valence-electron chi connectivity index (χ3n) is 4.59. The van der Waals surface area contributed by atoms with E-state index in [1.54, 1.807) is 6.92 Å². The first-order valence-corrected chi connectivity index (χ1v) is 8.59. The molecule has 2 aromatic carbocycles. The van der Waals surface area contributed by atoms with E-state index in [0.717, 1.165) is 16.5 Å². The topological polar surface area (TPSA) is 74.8 Å². The lowest BCUT2D eigenvalue weighted by molar-refractivity contribution is -0.137. The minimum absolute atomic E-state index is 0.00773. The molecule has 0 aliphatic rings. The Morgan fingerprint density at radius 2 is 1.77 bits per heavy atom. The van der Waals surface area contributed by atoms with Gasteiger partial charge >= 0.3 is 5.97 Å². The normalized spacial score (nSPS) is 13.0. The number of carbonyl (C=O) groups is 1. The molecule has 0 saturated heterocycles. The summed E-state index contributed by atoms with van der Waals surface area (Å²) in [5.41, 5.74) is 3.75. The standard InChI is InChI=1S/C21H22N2O3/c1-15(22-26)11-17(12-21(24)25)19-14-23(13-16-7-3-2-4-8-16)20-10-6-5-9-18(19)20/h2-10,14,17,26H,11-13H2,1H3,(H,24,25)/b22-15+. The molecular weight excluding hydrogens is 328 g/mol. The van der Waals surface area contributed by atoms with Crippen LogP contribution in [0, 0.1) is 0 Å². The Morgan fingerprint density at radius 1 is 1.08 bits per heavy atom. The van der Waals surface area contributed by atoms with Gasteiger partial charge in [0.25, 0.3) is 0 Å². The van der Waals surface area contributed by atoms with Gasteiger partial charge in [-0.3, -0.25) is 4.79 Å². The number of para-hydroxylation sites is 1. The van der Waals surface area contributed by atoms with Crippen molar-refractivity contribution in [3.05, 3.63) is 71.9 Å². The Bertz CT molecular complexity index is 929. The zero-order chi connectivity index (χ0) is 18.5. The fourth-order valence-electron chi connectivity index (χ4n) is 3.41. The van der Waals surface area contributed by atoms with Crippen molar-refractivity contribution in [2.75, 3.05) is 0 Å². The van der Waals surface area contributed by atoms with E-state index in [-0.39, 0.29) is 12.3 Å². The molecule has 0 radical (unpaired) electrons. The Balaban J connectivity index is 2.05. The van der Waals surface area contributed by atoms with Crippen LogP contribution in [0.4, 0.5) is 0 Å². The molecule has 0 bridgehead atoms. The van der Waals surface area contributed by atoms with Gasteiger partial charge in [0.1, 0.15) is 0 Å². The number of fused-ring (bicyclic) bond motifs is 1. The van der Waals surface area contributed by atoms with Crippen molar-refractivity contribution in [1.29, 1.82) is 0 Å². The number of carboxylic acid groups (broad SMARTS) is 1. The van der Waals surface area contributed by atoms with Crippen LogP contribution in [0.5, 0.6) is 0 Å². The molecule has 1 atom stereocenters. The zero-order valence-electron chi connectivity index (χ0n) is 14.7. The van der Waals surface area contributed by atoms with Gasteiger partial charge < -0.3 is 14.9 Å². The van der Waals surface area contributed by atoms with Gasteiger partial charge in [0.2, 0.25) is 0 Å². The van der Waals surface area contributed by atoms with E-state index in [4.69, 9.17) is 5.21 Å². The summed E-state index contributed by atoms with van der Waals surface area (Å²) >= 11 is 0. The molecule has 5 heteroatoms. The lowest BCUT2D eigenvalue weighted by Crippen LogP contribution is -2.10. The van der Waals surface area contributed by atoms with Gasteiger partial charge in [0.15, 0.2) is 0 Å². The van der Waals surface area contributed by atoms with E-state index >= 15 is 0 Å². The summed E-state index contributed by atoms with van der Waals surface area (Å²) in [5.74, 6) is -1.11. The second-order valence-electron chi connectivity index (χ2n) is 6.55. The molecule has 0 fully saturated rings. The predicted octanol–water partition coefficient (Wildman–Crippen LogP) is 4.49. The molecule has 0 saturated carbocycles. The first-order chi connectivity index (χ1) is 12.6. The van der Waals surface area contributed by atoms with Gasteiger partial charge in [-0.25, -0.2) is 0 Å². The molecule has 0 aliphatic carbocycles. The lowest BCUT2D eigenvalue weighted by Gasteiger charge is -2.13. The van der Waals surface area contributed by atoms with Crippen LogP contribution in [0.25, 0.3) is 10.9 Å². The van der Waals surface area contributed by atoms with Gasteiger partial charge in [-0.15, -0.1) is 0 Å². The highest BCUT2D eigenvalue weighted by Crippen LogP contribution is 2.33. The number of hydrogen-bond acceptors (Lipinski definition) is 3. The summed E-state index contributed by atoms with van der Waals surface area (Å²) in [6.45, 7) is 2.42. The van der Waals surface area contributed by atoms with E-state index in [9.17, 15) is 9.90 Å². The molecule has 1 heterocycles. The average Bonchev–Trinajstić information content (AvgIpc) is 3.00. The first-order valence-electron chi connectivity index (χ1n) is 8.59. The van der Waals surface area contributed by atoms with Gasteiger partial charge in [-0.2, -0.15) is 0 Å². The van der Waals surface area contributed by atoms with Gasteiger partial charge in [0, 0.05) is 29.6 Å². The Morgan fingerprint density at radius 3 is 2.46 bits per heavy atom. The van der Waals surface area contributed by atoms with Crippen molar-refractivity contribution in [1.82, 2.24) is 4.57 Å². The number of hydrogen-bond donors (Lipinski definition) is 2. The minimum atomic E-state index is -0.861. The van der Waals surface area contributed by atoms with E-state index in [1.807, 2.05) is 48.7 Å². The minimum Gasteiger partial charge on any atom is -0.481 e. The van der Waals surface area contributed by atoms with Crippen molar-refractivity contribution in [2.45, 2.75) is 32.2 Å². The molecular formula is C21H22N2O3. The number of rotatable bonds is 7. The molecule has 3 aromatic rings. The monoisotopic (exact) mass is 350 g/mol. The highest BCUT2D eigenvalue weighted by atomic mass is 16.4. The highest BCUT2D eigenvalue weighted by molar-refractivity contribution is 5.88. The van der Waals surface area contributed by atoms with Crippen LogP contribution in [-0.4, -0.2) is 26.6 Å². The molecule has 2 N–H and O–H groups in total. The number of aliphatic carboxylic acids is 1. The quantitative estimate of drug-likeness (QED) is 0.374. The molecule has 1 unspecified atom stereocenters. The van der Waals surface area contributed by atoms with Crippen molar-refractivity contribution < 1.29 is 15.1 Å². The van der Waals surface area contributed by atoms with Crippen molar-refractivity contribution in [3.8, 4) is 0 Å². The summed E-state index contributed by atoms with van der Waals surface area (Å²) in [4.78, 5) is 11.4. The third kappa shape index (κ3) is 3.94. The maximum Gasteiger partial charge on any atom is 0.303 e. The SMILES string of the molecule is C/C(CC(CC(=O)O)c1cn(Cc2ccccc2)c2ccccc12)=N\O. The van der Waals surface area contributed by atoms with Gasteiger partial charge in [-0.1, -0.05) is 53.7 Å². The Labute approximate surface area is 152 Å². The van der Waals surface area contributed by atoms with E-state index < -0.39 is 5.97 Å². The van der Waals surface area contributed by atoms with Crippen LogP contribution in [0.15, 0.2) is 65.9 Å². The fraction of sp³-hybridized carbons (Fsp3) is 0.238. The van der Waals surface area contributed by atoms with Crippen LogP contribution in [0.2, 0.25) is 0 Å². The lowest BCUT2D eigenvalue weighted by atomic mass is 9.90. The number of nitrogens with zero attached hydrogens (tertiary/aromatic N) is 2. The number of benzene rings is 2. The molecule has 0 spiro atoms. The molecule has 5 nitrogen and oxygen atoms in total. The Hall–Kier alpha value is -3.08. The summed E-state index contributed by atoms with van der Waals surface area (Å²) in [7, 11) is 0. The van der Waals surface area contributed by atoms with Gasteiger partial charge in [-0.05, 0) is 30.5 Å². The van der Waals surface area contributed by atoms with Crippen LogP contribution in [0.3, 0.4) is 0 Å². The van der Waals surface area contributed by atoms with E-state index in [2.05, 4.69) is 21.9 Å². The molecule has 0 amide bonds. The predicted molar refractivity (Wildman–Crippen MR) is 102 cm³/mol. The summed E-state index contributed by atoms with van der Waals surface area (Å²) in [5, 5.41) is 22.6. The second-order valence-corrected chi connectivity index (χ2v) is 6.55. The Kier molecular flexibility index (Phi) is 5.37. The molecule has 0 aliphatic heterocycles. The van der Waals surface area contributed by atoms with Gasteiger partial charge in [0.05, 0.1) is 12.1 Å². The average molecular weight is 350 g/mol. The van der Waals surface area contributed by atoms with Crippen LogP contribution in [0.1, 0.15) is 36.8 Å². The second kappa shape index (κ2) is 7.87. The molecule has 1 aromatic heterocycles. The van der Waals surface area contributed by atoms with Crippen LogP contribution in [-0.2, 0) is 11.3 Å². The van der Waals surface area contributed by atoms with Crippen molar-refractivity contribution in [2.24, 2.45) is 5.16 Å². The summed E-state index contributed by atoms with van der Waals surface area (Å²) in [6, 6.07) is 18.2. The smallest absolute Gasteiger partial charge is 0.303 e. The zero-order valence-corrected chi connectivity index (χ0v) is 14.7. The van der Waals surface area contributed by atoms with E-state index in [0.29, 0.717) is 18.7 Å². The first kappa shape index (κ1) is 17.7. The van der Waals surface area contributed by atoms with E-state index in [1.165, 1.54) is 5.56 Å². The maximum absolute atomic E-state index is 11.4. The number of oxime groups is 1. The summed E-state index contributed by atoms with van der Waals surface area (Å²) < 4.78 is 2.15. The van der Waals surface area contributed by atoms with Crippen LogP contribution >= 0.6 is 0 Å². The number of carboxylic acids is 1. The summed E-state index contributed by atoms with van der Waals surface area (Å²) in [6.07, 6.45) is 2.43. The van der Waals surface area contributed by atoms with Crippen molar-refractivity contribution in [3.63, 3.8) is 0 Å².